The van der Waals surface area contributed by atoms with Crippen molar-refractivity contribution >= 4 is 26.4 Å². The third-order valence-corrected chi connectivity index (χ3v) is 3.31. The normalized spacial score (nSPS) is 15.8. The summed E-state index contributed by atoms with van der Waals surface area (Å²) in [5, 5.41) is 13.4. The lowest BCUT2D eigenvalue weighted by atomic mass is 10.2. The van der Waals surface area contributed by atoms with Gasteiger partial charge in [-0.15, -0.1) is 8.58 Å². The molecule has 0 rings (SSSR count). The fraction of sp³-hybridized carbons (Fsp3) is 0.727. The monoisotopic (exact) mass is 291 g/mol. The topological polar surface area (TPSA) is 122 Å². The van der Waals surface area contributed by atoms with Crippen molar-refractivity contribution in [3.05, 3.63) is 0 Å². The molecule has 0 saturated carbocycles. The molecule has 0 aliphatic heterocycles. The first kappa shape index (κ1) is 17.8. The van der Waals surface area contributed by atoms with E-state index in [0.29, 0.717) is 6.42 Å². The van der Waals surface area contributed by atoms with Gasteiger partial charge in [-0.05, 0) is 33.1 Å². The maximum absolute atomic E-state index is 11.7. The minimum atomic E-state index is -1.13. The van der Waals surface area contributed by atoms with E-state index in [4.69, 9.17) is 10.8 Å². The number of nitrogens with one attached hydrogen (secondary N) is 2. The van der Waals surface area contributed by atoms with E-state index < -0.39 is 35.9 Å². The second kappa shape index (κ2) is 8.82. The number of aliphatic carboxylic acids is 1. The maximum Gasteiger partial charge on any atom is 0.325 e. The minimum Gasteiger partial charge on any atom is -0.480 e. The molecule has 5 N–H and O–H groups in total. The van der Waals surface area contributed by atoms with Crippen molar-refractivity contribution < 1.29 is 19.5 Å². The van der Waals surface area contributed by atoms with Gasteiger partial charge in [0.05, 0.1) is 6.04 Å². The smallest absolute Gasteiger partial charge is 0.325 e. The first-order valence-electron chi connectivity index (χ1n) is 6.03. The number of hydrogen-bond donors (Lipinski definition) is 4. The van der Waals surface area contributed by atoms with Crippen LogP contribution in [-0.2, 0) is 14.4 Å². The standard InChI is InChI=1S/C11H22N3O4P/c1-6(9(15)14-7(2)11(17)18)13-10(16)8(12)4-5-19-3/h6-8,19H,4-5,12H2,1-3H3,(H,13,16)(H,14,15)(H,17,18)/t6-,7-,8?/m0/s1. The van der Waals surface area contributed by atoms with Gasteiger partial charge in [0.15, 0.2) is 0 Å². The molecule has 0 aromatic rings. The molecule has 0 fully saturated rings. The molecule has 0 radical (unpaired) electrons. The molecule has 0 bridgehead atoms. The van der Waals surface area contributed by atoms with Gasteiger partial charge >= 0.3 is 5.97 Å². The highest BCUT2D eigenvalue weighted by Crippen LogP contribution is 2.05. The van der Waals surface area contributed by atoms with Crippen LogP contribution in [0.1, 0.15) is 20.3 Å². The van der Waals surface area contributed by atoms with Gasteiger partial charge < -0.3 is 21.5 Å². The summed E-state index contributed by atoms with van der Waals surface area (Å²) >= 11 is 0. The van der Waals surface area contributed by atoms with Crippen LogP contribution in [0.2, 0.25) is 0 Å². The van der Waals surface area contributed by atoms with E-state index in [1.54, 1.807) is 0 Å². The van der Waals surface area contributed by atoms with E-state index in [1.807, 2.05) is 6.66 Å². The summed E-state index contributed by atoms with van der Waals surface area (Å²) in [6, 6.07) is -2.45. The fourth-order valence-electron chi connectivity index (χ4n) is 1.22. The first-order chi connectivity index (χ1) is 8.79. The van der Waals surface area contributed by atoms with Crippen LogP contribution in [0.15, 0.2) is 0 Å². The molecule has 19 heavy (non-hydrogen) atoms. The number of amides is 2. The Labute approximate surface area is 114 Å². The molecule has 4 atom stereocenters. The molecule has 0 heterocycles. The molecular weight excluding hydrogens is 269 g/mol. The summed E-state index contributed by atoms with van der Waals surface area (Å²) in [6.45, 7) is 4.85. The predicted octanol–water partition coefficient (Wildman–Crippen LogP) is -0.894. The number of carboxylic acids is 1. The lowest BCUT2D eigenvalue weighted by molar-refractivity contribution is -0.141. The van der Waals surface area contributed by atoms with Crippen molar-refractivity contribution in [2.75, 3.05) is 12.8 Å². The van der Waals surface area contributed by atoms with Gasteiger partial charge in [0.1, 0.15) is 12.1 Å². The summed E-state index contributed by atoms with van der Waals surface area (Å²) in [6.07, 6.45) is 1.44. The molecule has 0 aliphatic rings. The Morgan fingerprint density at radius 2 is 1.68 bits per heavy atom. The van der Waals surface area contributed by atoms with E-state index in [0.717, 1.165) is 14.7 Å². The van der Waals surface area contributed by atoms with Crippen LogP contribution in [0.25, 0.3) is 0 Å². The van der Waals surface area contributed by atoms with Crippen molar-refractivity contribution in [3.8, 4) is 0 Å². The number of nitrogens with two attached hydrogens (primary N) is 1. The van der Waals surface area contributed by atoms with Crippen molar-refractivity contribution in [1.29, 1.82) is 0 Å². The minimum absolute atomic E-state index is 0.399. The molecular formula is C11H22N3O4P. The van der Waals surface area contributed by atoms with Gasteiger partial charge in [-0.2, -0.15) is 0 Å². The van der Waals surface area contributed by atoms with E-state index >= 15 is 0 Å². The highest BCUT2D eigenvalue weighted by molar-refractivity contribution is 7.36. The Kier molecular flexibility index (Phi) is 8.27. The average molecular weight is 291 g/mol. The van der Waals surface area contributed by atoms with E-state index in [1.165, 1.54) is 13.8 Å². The first-order valence-corrected chi connectivity index (χ1v) is 7.74. The van der Waals surface area contributed by atoms with Crippen LogP contribution < -0.4 is 16.4 Å². The largest absolute Gasteiger partial charge is 0.480 e. The summed E-state index contributed by atoms with van der Waals surface area (Å²) in [5.74, 6) is -2.08. The van der Waals surface area contributed by atoms with Gasteiger partial charge in [0.2, 0.25) is 11.8 Å². The van der Waals surface area contributed by atoms with Crippen LogP contribution in [-0.4, -0.2) is 53.8 Å². The van der Waals surface area contributed by atoms with Crippen LogP contribution in [0.5, 0.6) is 0 Å². The maximum atomic E-state index is 11.7. The molecule has 0 aromatic heterocycles. The lowest BCUT2D eigenvalue weighted by Crippen LogP contribution is -2.52. The fourth-order valence-corrected chi connectivity index (χ4v) is 1.82. The molecule has 8 heteroatoms. The van der Waals surface area contributed by atoms with Crippen LogP contribution in [0.3, 0.4) is 0 Å². The summed E-state index contributed by atoms with van der Waals surface area (Å²) in [4.78, 5) is 33.8. The lowest BCUT2D eigenvalue weighted by Gasteiger charge is -2.18. The zero-order chi connectivity index (χ0) is 15.0. The zero-order valence-corrected chi connectivity index (χ0v) is 12.4. The highest BCUT2D eigenvalue weighted by atomic mass is 31.1. The molecule has 7 nitrogen and oxygen atoms in total. The van der Waals surface area contributed by atoms with Crippen molar-refractivity contribution in [1.82, 2.24) is 10.6 Å². The van der Waals surface area contributed by atoms with Crippen molar-refractivity contribution in [2.24, 2.45) is 5.73 Å². The second-order valence-electron chi connectivity index (χ2n) is 4.30. The molecule has 0 aromatic carbocycles. The van der Waals surface area contributed by atoms with Gasteiger partial charge in [0, 0.05) is 0 Å². The number of carbonyl (C=O) groups excluding carboxylic acids is 2. The predicted molar refractivity (Wildman–Crippen MR) is 74.5 cm³/mol. The molecule has 2 unspecified atom stereocenters. The van der Waals surface area contributed by atoms with Gasteiger partial charge in [-0.25, -0.2) is 0 Å². The Morgan fingerprint density at radius 1 is 1.16 bits per heavy atom. The molecule has 110 valence electrons. The Hall–Kier alpha value is -1.20. The number of carboxylic acid groups (broad SMARTS) is 1. The molecule has 0 aliphatic carbocycles. The summed E-state index contributed by atoms with van der Waals surface area (Å²) in [5.41, 5.74) is 5.67. The number of rotatable bonds is 8. The highest BCUT2D eigenvalue weighted by Gasteiger charge is 2.22. The molecule has 2 amide bonds. The van der Waals surface area contributed by atoms with E-state index in [-0.39, 0.29) is 0 Å². The zero-order valence-electron chi connectivity index (χ0n) is 11.4. The van der Waals surface area contributed by atoms with Crippen LogP contribution in [0, 0.1) is 0 Å². The third-order valence-electron chi connectivity index (χ3n) is 2.52. The Balaban J connectivity index is 4.21. The van der Waals surface area contributed by atoms with Crippen molar-refractivity contribution in [3.63, 3.8) is 0 Å². The second-order valence-corrected chi connectivity index (χ2v) is 5.50. The number of carbonyl (C=O) groups is 3. The van der Waals surface area contributed by atoms with Crippen LogP contribution >= 0.6 is 8.58 Å². The van der Waals surface area contributed by atoms with Crippen LogP contribution in [0.4, 0.5) is 0 Å². The van der Waals surface area contributed by atoms with E-state index in [9.17, 15) is 14.4 Å². The van der Waals surface area contributed by atoms with Gasteiger partial charge in [-0.1, -0.05) is 0 Å². The summed E-state index contributed by atoms with van der Waals surface area (Å²) < 4.78 is 0. The number of hydrogen-bond acceptors (Lipinski definition) is 4. The SMILES string of the molecule is CPCCC(N)C(=O)N[C@@H](C)C(=O)N[C@@H](C)C(=O)O. The van der Waals surface area contributed by atoms with E-state index in [2.05, 4.69) is 10.6 Å². The Bertz CT molecular complexity index is 338. The summed E-state index contributed by atoms with van der Waals surface area (Å²) in [7, 11) is 0.724. The third kappa shape index (κ3) is 7.08. The van der Waals surface area contributed by atoms with Gasteiger partial charge in [0.25, 0.3) is 0 Å². The average Bonchev–Trinajstić information content (AvgIpc) is 2.35. The van der Waals surface area contributed by atoms with Crippen molar-refractivity contribution in [2.45, 2.75) is 38.4 Å². The van der Waals surface area contributed by atoms with Gasteiger partial charge in [-0.3, -0.25) is 14.4 Å². The quantitative estimate of drug-likeness (QED) is 0.432. The molecule has 0 spiro atoms. The molecule has 0 saturated heterocycles. The Morgan fingerprint density at radius 3 is 2.16 bits per heavy atom.